The smallest absolute Gasteiger partial charge is 0.257 e. The predicted molar refractivity (Wildman–Crippen MR) is 82.7 cm³/mol. The maximum Gasteiger partial charge on any atom is 0.257 e. The molecule has 0 atom stereocenters. The van der Waals surface area contributed by atoms with E-state index in [0.717, 1.165) is 5.56 Å². The molecule has 3 N–H and O–H groups in total. The van der Waals surface area contributed by atoms with Crippen molar-refractivity contribution in [3.8, 4) is 0 Å². The van der Waals surface area contributed by atoms with Crippen molar-refractivity contribution in [2.24, 2.45) is 0 Å². The number of benzene rings is 2. The number of hydrogen-bond acceptors (Lipinski definition) is 2. The molecule has 0 saturated heterocycles. The van der Waals surface area contributed by atoms with E-state index in [1.807, 2.05) is 35.6 Å². The summed E-state index contributed by atoms with van der Waals surface area (Å²) in [5.41, 5.74) is 8.20. The van der Waals surface area contributed by atoms with Gasteiger partial charge in [0.15, 0.2) is 0 Å². The number of nitrogens with two attached hydrogens (primary N) is 1. The minimum atomic E-state index is -0.336. The van der Waals surface area contributed by atoms with Gasteiger partial charge in [0.05, 0.1) is 11.3 Å². The first-order valence-corrected chi connectivity index (χ1v) is 6.68. The lowest BCUT2D eigenvalue weighted by atomic mass is 10.1. The Balaban J connectivity index is 2.25. The van der Waals surface area contributed by atoms with E-state index in [-0.39, 0.29) is 11.7 Å². The predicted octanol–water partition coefficient (Wildman–Crippen LogP) is 3.57. The fraction of sp³-hybridized carbons (Fsp3) is 0.0714. The SMILES string of the molecule is Cc1ccc(C(=O)Nc2ccc(F)cc2I)c(N)c1. The normalized spacial score (nSPS) is 10.3. The molecule has 0 saturated carbocycles. The maximum atomic E-state index is 13.0. The molecule has 2 aromatic rings. The van der Waals surface area contributed by atoms with Crippen LogP contribution in [0.4, 0.5) is 15.8 Å². The quantitative estimate of drug-likeness (QED) is 0.627. The number of amides is 1. The fourth-order valence-electron chi connectivity index (χ4n) is 1.67. The topological polar surface area (TPSA) is 55.1 Å². The number of rotatable bonds is 2. The highest BCUT2D eigenvalue weighted by atomic mass is 127. The van der Waals surface area contributed by atoms with Crippen LogP contribution in [0.3, 0.4) is 0 Å². The minimum absolute atomic E-state index is 0.304. The molecule has 98 valence electrons. The van der Waals surface area contributed by atoms with E-state index in [1.54, 1.807) is 12.1 Å². The van der Waals surface area contributed by atoms with Crippen LogP contribution in [-0.4, -0.2) is 5.91 Å². The first-order valence-electron chi connectivity index (χ1n) is 5.60. The molecular formula is C14H12FIN2O. The van der Waals surface area contributed by atoms with Gasteiger partial charge in [0.2, 0.25) is 0 Å². The summed E-state index contributed by atoms with van der Waals surface area (Å²) in [4.78, 5) is 12.1. The van der Waals surface area contributed by atoms with Crippen molar-refractivity contribution in [2.75, 3.05) is 11.1 Å². The zero-order chi connectivity index (χ0) is 14.0. The summed E-state index contributed by atoms with van der Waals surface area (Å²) in [5.74, 6) is -0.640. The van der Waals surface area contributed by atoms with Crippen molar-refractivity contribution in [1.82, 2.24) is 0 Å². The van der Waals surface area contributed by atoms with Gasteiger partial charge in [-0.2, -0.15) is 0 Å². The molecule has 0 heterocycles. The van der Waals surface area contributed by atoms with E-state index in [0.29, 0.717) is 20.5 Å². The molecule has 1 amide bonds. The van der Waals surface area contributed by atoms with Gasteiger partial charge in [-0.1, -0.05) is 6.07 Å². The molecule has 0 aliphatic carbocycles. The van der Waals surface area contributed by atoms with Crippen LogP contribution in [0.25, 0.3) is 0 Å². The van der Waals surface area contributed by atoms with Gasteiger partial charge in [-0.25, -0.2) is 4.39 Å². The summed E-state index contributed by atoms with van der Waals surface area (Å²) in [6, 6.07) is 9.42. The fourth-order valence-corrected chi connectivity index (χ4v) is 2.28. The first kappa shape index (κ1) is 13.8. The van der Waals surface area contributed by atoms with Gasteiger partial charge in [-0.15, -0.1) is 0 Å². The summed E-state index contributed by atoms with van der Waals surface area (Å²) in [6.45, 7) is 1.90. The third kappa shape index (κ3) is 3.23. The Kier molecular flexibility index (Phi) is 4.04. The molecule has 0 aliphatic heterocycles. The van der Waals surface area contributed by atoms with E-state index in [9.17, 15) is 9.18 Å². The van der Waals surface area contributed by atoms with Gasteiger partial charge < -0.3 is 11.1 Å². The third-order valence-electron chi connectivity index (χ3n) is 2.63. The monoisotopic (exact) mass is 370 g/mol. The number of carbonyl (C=O) groups is 1. The second kappa shape index (κ2) is 5.56. The minimum Gasteiger partial charge on any atom is -0.398 e. The van der Waals surface area contributed by atoms with Crippen molar-refractivity contribution in [3.63, 3.8) is 0 Å². The molecule has 3 nitrogen and oxygen atoms in total. The Labute approximate surface area is 124 Å². The summed E-state index contributed by atoms with van der Waals surface area (Å²) >= 11 is 1.97. The number of nitrogen functional groups attached to an aromatic ring is 1. The Morgan fingerprint density at radius 2 is 2.00 bits per heavy atom. The molecule has 0 bridgehead atoms. The van der Waals surface area contributed by atoms with Crippen LogP contribution >= 0.6 is 22.6 Å². The van der Waals surface area contributed by atoms with Gasteiger partial charge in [-0.3, -0.25) is 4.79 Å². The highest BCUT2D eigenvalue weighted by molar-refractivity contribution is 14.1. The number of halogens is 2. The molecule has 0 spiro atoms. The lowest BCUT2D eigenvalue weighted by Crippen LogP contribution is -2.15. The zero-order valence-electron chi connectivity index (χ0n) is 10.2. The van der Waals surface area contributed by atoms with Gasteiger partial charge in [0.25, 0.3) is 5.91 Å². The molecular weight excluding hydrogens is 358 g/mol. The first-order chi connectivity index (χ1) is 8.97. The summed E-state index contributed by atoms with van der Waals surface area (Å²) in [6.07, 6.45) is 0. The van der Waals surface area contributed by atoms with E-state index < -0.39 is 0 Å². The largest absolute Gasteiger partial charge is 0.398 e. The Bertz CT molecular complexity index is 643. The molecule has 0 fully saturated rings. The van der Waals surface area contributed by atoms with Crippen LogP contribution in [0.5, 0.6) is 0 Å². The molecule has 0 unspecified atom stereocenters. The molecule has 5 heteroatoms. The van der Waals surface area contributed by atoms with E-state index in [4.69, 9.17) is 5.73 Å². The number of hydrogen-bond donors (Lipinski definition) is 2. The summed E-state index contributed by atoms with van der Waals surface area (Å²) in [7, 11) is 0. The van der Waals surface area contributed by atoms with Crippen LogP contribution in [-0.2, 0) is 0 Å². The lowest BCUT2D eigenvalue weighted by molar-refractivity contribution is 0.102. The Morgan fingerprint density at radius 3 is 2.63 bits per heavy atom. The van der Waals surface area contributed by atoms with E-state index in [1.165, 1.54) is 18.2 Å². The molecule has 19 heavy (non-hydrogen) atoms. The average Bonchev–Trinajstić information content (AvgIpc) is 2.32. The maximum absolute atomic E-state index is 13.0. The van der Waals surface area contributed by atoms with Crippen LogP contribution < -0.4 is 11.1 Å². The van der Waals surface area contributed by atoms with Gasteiger partial charge in [-0.05, 0) is 65.4 Å². The van der Waals surface area contributed by atoms with Crippen molar-refractivity contribution >= 4 is 39.9 Å². The zero-order valence-corrected chi connectivity index (χ0v) is 12.4. The number of aryl methyl sites for hydroxylation is 1. The number of anilines is 2. The molecule has 0 radical (unpaired) electrons. The van der Waals surface area contributed by atoms with Gasteiger partial charge in [0.1, 0.15) is 5.82 Å². The van der Waals surface area contributed by atoms with Crippen molar-refractivity contribution < 1.29 is 9.18 Å². The average molecular weight is 370 g/mol. The summed E-state index contributed by atoms with van der Waals surface area (Å²) < 4.78 is 13.6. The standard InChI is InChI=1S/C14H12FIN2O/c1-8-2-4-10(12(17)6-8)14(19)18-13-5-3-9(15)7-11(13)16/h2-7H,17H2,1H3,(H,18,19). The molecule has 2 aromatic carbocycles. The van der Waals surface area contributed by atoms with Gasteiger partial charge in [0, 0.05) is 9.26 Å². The van der Waals surface area contributed by atoms with Crippen molar-refractivity contribution in [2.45, 2.75) is 6.92 Å². The highest BCUT2D eigenvalue weighted by Gasteiger charge is 2.11. The van der Waals surface area contributed by atoms with Crippen LogP contribution in [0.2, 0.25) is 0 Å². The third-order valence-corrected chi connectivity index (χ3v) is 3.52. The lowest BCUT2D eigenvalue weighted by Gasteiger charge is -2.09. The number of nitrogens with one attached hydrogen (secondary N) is 1. The van der Waals surface area contributed by atoms with Crippen LogP contribution in [0.15, 0.2) is 36.4 Å². The van der Waals surface area contributed by atoms with Crippen LogP contribution in [0.1, 0.15) is 15.9 Å². The number of carbonyl (C=O) groups excluding carboxylic acids is 1. The van der Waals surface area contributed by atoms with E-state index >= 15 is 0 Å². The second-order valence-corrected chi connectivity index (χ2v) is 5.33. The van der Waals surface area contributed by atoms with Crippen LogP contribution in [0, 0.1) is 16.3 Å². The molecule has 0 aliphatic rings. The Morgan fingerprint density at radius 1 is 1.26 bits per heavy atom. The van der Waals surface area contributed by atoms with Gasteiger partial charge >= 0.3 is 0 Å². The highest BCUT2D eigenvalue weighted by Crippen LogP contribution is 2.21. The molecule has 2 rings (SSSR count). The second-order valence-electron chi connectivity index (χ2n) is 4.17. The molecule has 0 aromatic heterocycles. The Hall–Kier alpha value is -1.63. The summed E-state index contributed by atoms with van der Waals surface area (Å²) in [5, 5.41) is 2.72. The van der Waals surface area contributed by atoms with Crippen molar-refractivity contribution in [1.29, 1.82) is 0 Å². The van der Waals surface area contributed by atoms with Crippen molar-refractivity contribution in [3.05, 3.63) is 56.9 Å². The van der Waals surface area contributed by atoms with E-state index in [2.05, 4.69) is 5.32 Å².